The smallest absolute Gasteiger partial charge is 0.243 e. The van der Waals surface area contributed by atoms with Crippen molar-refractivity contribution < 1.29 is 17.9 Å². The lowest BCUT2D eigenvalue weighted by molar-refractivity contribution is -0.125. The first-order valence-electron chi connectivity index (χ1n) is 9.44. The highest BCUT2D eigenvalue weighted by molar-refractivity contribution is 7.99. The topological polar surface area (TPSA) is 117 Å². The van der Waals surface area contributed by atoms with Gasteiger partial charge in [-0.2, -0.15) is 4.31 Å². The molecule has 2 aromatic rings. The molecule has 9 nitrogen and oxygen atoms in total. The number of aromatic nitrogens is 3. The maximum absolute atomic E-state index is 13.0. The number of carbonyl (C=O) groups excluding carboxylic acids is 1. The van der Waals surface area contributed by atoms with E-state index in [0.717, 1.165) is 5.82 Å². The number of aromatic amines is 1. The van der Waals surface area contributed by atoms with Crippen molar-refractivity contribution in [2.45, 2.75) is 29.8 Å². The molecule has 1 fully saturated rings. The second-order valence-electron chi connectivity index (χ2n) is 6.84. The van der Waals surface area contributed by atoms with E-state index in [-0.39, 0.29) is 22.4 Å². The lowest BCUT2D eigenvalue weighted by Crippen LogP contribution is -2.45. The molecule has 2 heterocycles. The van der Waals surface area contributed by atoms with Crippen molar-refractivity contribution in [3.63, 3.8) is 0 Å². The normalized spacial score (nSPS) is 17.6. The van der Waals surface area contributed by atoms with Crippen LogP contribution in [0.3, 0.4) is 0 Å². The number of sulfonamides is 1. The van der Waals surface area contributed by atoms with Crippen molar-refractivity contribution in [2.24, 2.45) is 5.92 Å². The maximum atomic E-state index is 13.0. The minimum atomic E-state index is -3.75. The molecule has 1 aromatic carbocycles. The minimum absolute atomic E-state index is 0.0903. The van der Waals surface area contributed by atoms with E-state index in [0.29, 0.717) is 42.6 Å². The summed E-state index contributed by atoms with van der Waals surface area (Å²) < 4.78 is 32.4. The third-order valence-electron chi connectivity index (χ3n) is 4.73. The van der Waals surface area contributed by atoms with Gasteiger partial charge in [-0.15, -0.1) is 5.10 Å². The second-order valence-corrected chi connectivity index (χ2v) is 10.2. The van der Waals surface area contributed by atoms with Gasteiger partial charge in [0.15, 0.2) is 0 Å². The first-order valence-corrected chi connectivity index (χ1v) is 12.2. The van der Waals surface area contributed by atoms with Gasteiger partial charge < -0.3 is 10.1 Å². The fourth-order valence-electron chi connectivity index (χ4n) is 3.18. The van der Waals surface area contributed by atoms with E-state index in [1.807, 2.05) is 6.92 Å². The molecule has 1 saturated heterocycles. The molecule has 1 aromatic heterocycles. The number of hydrogen-bond donors (Lipinski definition) is 2. The molecule has 2 N–H and O–H groups in total. The SMILES string of the molecule is COc1ccc(S(=O)(=O)N2CCC[C@H](C(=O)NCCSc3n[nH]c(C)n3)C2)cc1Cl. The van der Waals surface area contributed by atoms with E-state index in [4.69, 9.17) is 16.3 Å². The first kappa shape index (κ1) is 22.9. The predicted molar refractivity (Wildman–Crippen MR) is 114 cm³/mol. The zero-order valence-electron chi connectivity index (χ0n) is 16.7. The molecule has 0 saturated carbocycles. The largest absolute Gasteiger partial charge is 0.495 e. The zero-order valence-corrected chi connectivity index (χ0v) is 19.1. The van der Waals surface area contributed by atoms with Crippen molar-refractivity contribution in [1.29, 1.82) is 0 Å². The number of carbonyl (C=O) groups is 1. The van der Waals surface area contributed by atoms with Crippen LogP contribution in [0, 0.1) is 12.8 Å². The van der Waals surface area contributed by atoms with E-state index in [2.05, 4.69) is 20.5 Å². The van der Waals surface area contributed by atoms with Gasteiger partial charge in [0.25, 0.3) is 0 Å². The fraction of sp³-hybridized carbons (Fsp3) is 0.500. The average molecular weight is 474 g/mol. The van der Waals surface area contributed by atoms with Crippen molar-refractivity contribution in [3.8, 4) is 5.75 Å². The zero-order chi connectivity index (χ0) is 21.7. The minimum Gasteiger partial charge on any atom is -0.495 e. The number of H-pyrrole nitrogens is 1. The van der Waals surface area contributed by atoms with E-state index in [1.165, 1.54) is 41.4 Å². The Morgan fingerprint density at radius 2 is 2.27 bits per heavy atom. The number of piperidine rings is 1. The quantitative estimate of drug-likeness (QED) is 0.445. The fourth-order valence-corrected chi connectivity index (χ4v) is 5.75. The summed E-state index contributed by atoms with van der Waals surface area (Å²) in [4.78, 5) is 16.8. The van der Waals surface area contributed by atoms with Crippen LogP contribution >= 0.6 is 23.4 Å². The number of benzene rings is 1. The molecule has 1 atom stereocenters. The van der Waals surface area contributed by atoms with Crippen molar-refractivity contribution >= 4 is 39.3 Å². The Kier molecular flexibility index (Phi) is 7.61. The number of hydrogen-bond acceptors (Lipinski definition) is 7. The Bertz CT molecular complexity index is 998. The van der Waals surface area contributed by atoms with Gasteiger partial charge in [0, 0.05) is 25.4 Å². The van der Waals surface area contributed by atoms with Gasteiger partial charge in [-0.05, 0) is 38.0 Å². The summed E-state index contributed by atoms with van der Waals surface area (Å²) in [7, 11) is -2.28. The van der Waals surface area contributed by atoms with Crippen LogP contribution in [0.25, 0.3) is 0 Å². The van der Waals surface area contributed by atoms with Crippen molar-refractivity contribution in [3.05, 3.63) is 29.0 Å². The van der Waals surface area contributed by atoms with Gasteiger partial charge >= 0.3 is 0 Å². The van der Waals surface area contributed by atoms with Gasteiger partial charge in [-0.25, -0.2) is 13.4 Å². The number of rotatable bonds is 8. The molecule has 0 radical (unpaired) electrons. The molecule has 30 heavy (non-hydrogen) atoms. The third kappa shape index (κ3) is 5.45. The van der Waals surface area contributed by atoms with Crippen LogP contribution in [-0.4, -0.2) is 66.3 Å². The second kappa shape index (κ2) is 9.99. The molecule has 0 aliphatic carbocycles. The Morgan fingerprint density at radius 3 is 2.93 bits per heavy atom. The standard InChI is InChI=1S/C18H24ClN5O4S2/c1-12-21-18(23-22-12)29-9-7-20-17(25)13-4-3-8-24(11-13)30(26,27)14-5-6-16(28-2)15(19)10-14/h5-6,10,13H,3-4,7-9,11H2,1-2H3,(H,20,25)(H,21,22,23)/t13-/m0/s1. The molecular formula is C18H24ClN5O4S2. The summed E-state index contributed by atoms with van der Waals surface area (Å²) in [6.45, 7) is 2.79. The lowest BCUT2D eigenvalue weighted by Gasteiger charge is -2.31. The summed E-state index contributed by atoms with van der Waals surface area (Å²) in [6, 6.07) is 4.36. The van der Waals surface area contributed by atoms with E-state index < -0.39 is 15.9 Å². The average Bonchev–Trinajstić information content (AvgIpc) is 3.16. The van der Waals surface area contributed by atoms with Gasteiger partial charge in [0.1, 0.15) is 11.6 Å². The first-order chi connectivity index (χ1) is 14.3. The number of ether oxygens (including phenoxy) is 1. The monoisotopic (exact) mass is 473 g/mol. The number of methoxy groups -OCH3 is 1. The molecule has 1 aliphatic heterocycles. The highest BCUT2D eigenvalue weighted by atomic mass is 35.5. The summed E-state index contributed by atoms with van der Waals surface area (Å²) in [6.07, 6.45) is 1.26. The van der Waals surface area contributed by atoms with Crippen LogP contribution in [0.2, 0.25) is 5.02 Å². The van der Waals surface area contributed by atoms with Gasteiger partial charge in [0.05, 0.1) is 22.9 Å². The number of amides is 1. The molecule has 1 amide bonds. The highest BCUT2D eigenvalue weighted by Crippen LogP contribution is 2.30. The lowest BCUT2D eigenvalue weighted by atomic mass is 9.99. The molecule has 0 unspecified atom stereocenters. The van der Waals surface area contributed by atoms with Gasteiger partial charge in [0.2, 0.25) is 21.1 Å². The van der Waals surface area contributed by atoms with Crippen molar-refractivity contribution in [1.82, 2.24) is 24.8 Å². The van der Waals surface area contributed by atoms with Crippen LogP contribution in [-0.2, 0) is 14.8 Å². The number of thioether (sulfide) groups is 1. The van der Waals surface area contributed by atoms with Crippen LogP contribution in [0.5, 0.6) is 5.75 Å². The molecule has 0 spiro atoms. The summed E-state index contributed by atoms with van der Waals surface area (Å²) in [5.74, 6) is 1.24. The van der Waals surface area contributed by atoms with E-state index in [1.54, 1.807) is 0 Å². The summed E-state index contributed by atoms with van der Waals surface area (Å²) >= 11 is 7.52. The van der Waals surface area contributed by atoms with Crippen LogP contribution in [0.4, 0.5) is 0 Å². The van der Waals surface area contributed by atoms with Gasteiger partial charge in [-0.1, -0.05) is 23.4 Å². The molecule has 1 aliphatic rings. The Labute approximate surface area is 185 Å². The number of nitrogens with zero attached hydrogens (tertiary/aromatic N) is 3. The van der Waals surface area contributed by atoms with Crippen LogP contribution in [0.15, 0.2) is 28.3 Å². The van der Waals surface area contributed by atoms with Crippen LogP contribution < -0.4 is 10.1 Å². The predicted octanol–water partition coefficient (Wildman–Crippen LogP) is 2.08. The molecule has 3 rings (SSSR count). The Morgan fingerprint density at radius 1 is 1.47 bits per heavy atom. The summed E-state index contributed by atoms with van der Waals surface area (Å²) in [5, 5.41) is 10.5. The van der Waals surface area contributed by atoms with Gasteiger partial charge in [-0.3, -0.25) is 9.89 Å². The maximum Gasteiger partial charge on any atom is 0.243 e. The number of nitrogens with one attached hydrogen (secondary N) is 2. The number of halogens is 1. The summed E-state index contributed by atoms with van der Waals surface area (Å²) in [5.41, 5.74) is 0. The van der Waals surface area contributed by atoms with Crippen molar-refractivity contribution in [2.75, 3.05) is 32.5 Å². The molecule has 0 bridgehead atoms. The Hall–Kier alpha value is -1.82. The number of aryl methyl sites for hydroxylation is 1. The van der Waals surface area contributed by atoms with E-state index >= 15 is 0 Å². The third-order valence-corrected chi connectivity index (χ3v) is 7.73. The van der Waals surface area contributed by atoms with E-state index in [9.17, 15) is 13.2 Å². The van der Waals surface area contributed by atoms with Crippen LogP contribution in [0.1, 0.15) is 18.7 Å². The molecule has 164 valence electrons. The highest BCUT2D eigenvalue weighted by Gasteiger charge is 2.33. The molecule has 12 heteroatoms. The molecular weight excluding hydrogens is 450 g/mol. The Balaban J connectivity index is 1.55.